The number of likely N-dealkylation sites (tertiary alicyclic amines) is 1. The van der Waals surface area contributed by atoms with Gasteiger partial charge in [-0.3, -0.25) is 15.0 Å². The van der Waals surface area contributed by atoms with Crippen molar-refractivity contribution in [3.05, 3.63) is 54.6 Å². The Morgan fingerprint density at radius 1 is 0.806 bits per heavy atom. The zero-order valence-electron chi connectivity index (χ0n) is 20.4. The quantitative estimate of drug-likeness (QED) is 0.363. The van der Waals surface area contributed by atoms with E-state index < -0.39 is 0 Å². The van der Waals surface area contributed by atoms with Gasteiger partial charge in [0.15, 0.2) is 5.65 Å². The predicted molar refractivity (Wildman–Crippen MR) is 143 cm³/mol. The number of nitrogens with zero attached hydrogens (tertiary/aromatic N) is 6. The lowest BCUT2D eigenvalue weighted by atomic mass is 10.1. The van der Waals surface area contributed by atoms with Crippen LogP contribution in [-0.4, -0.2) is 61.2 Å². The smallest absolute Gasteiger partial charge is 0.181 e. The third-order valence-electron chi connectivity index (χ3n) is 7.59. The van der Waals surface area contributed by atoms with Crippen LogP contribution in [0.1, 0.15) is 37.7 Å². The van der Waals surface area contributed by atoms with E-state index in [0.29, 0.717) is 5.65 Å². The van der Waals surface area contributed by atoms with Gasteiger partial charge in [0, 0.05) is 66.3 Å². The van der Waals surface area contributed by atoms with Crippen molar-refractivity contribution >= 4 is 27.8 Å². The molecule has 0 bridgehead atoms. The maximum Gasteiger partial charge on any atom is 0.181 e. The summed E-state index contributed by atoms with van der Waals surface area (Å²) in [5.41, 5.74) is 7.12. The minimum atomic E-state index is 0.711. The molecule has 2 aliphatic heterocycles. The van der Waals surface area contributed by atoms with Crippen molar-refractivity contribution in [2.75, 3.05) is 31.1 Å². The van der Waals surface area contributed by atoms with Crippen molar-refractivity contribution < 1.29 is 0 Å². The molecule has 8 nitrogen and oxygen atoms in total. The highest BCUT2D eigenvalue weighted by Crippen LogP contribution is 2.34. The number of anilines is 1. The maximum absolute atomic E-state index is 4.74. The molecule has 0 atom stereocenters. The SMILES string of the molecule is c1cc2[nH]c(-c3[nH]nc4ncc(-c5cncc(CN6CCCC6)c5)cc34)cc2c(N2CCCCC2)n1. The predicted octanol–water partition coefficient (Wildman–Crippen LogP) is 5.15. The highest BCUT2D eigenvalue weighted by Gasteiger charge is 2.19. The van der Waals surface area contributed by atoms with E-state index in [1.165, 1.54) is 50.8 Å². The summed E-state index contributed by atoms with van der Waals surface area (Å²) in [7, 11) is 0. The van der Waals surface area contributed by atoms with Crippen molar-refractivity contribution in [1.29, 1.82) is 0 Å². The first-order valence-corrected chi connectivity index (χ1v) is 13.1. The van der Waals surface area contributed by atoms with Gasteiger partial charge in [0.05, 0.1) is 16.9 Å². The van der Waals surface area contributed by atoms with E-state index in [2.05, 4.69) is 53.1 Å². The fraction of sp³-hybridized carbons (Fsp3) is 0.357. The van der Waals surface area contributed by atoms with Crippen molar-refractivity contribution in [3.8, 4) is 22.5 Å². The van der Waals surface area contributed by atoms with E-state index in [9.17, 15) is 0 Å². The second-order valence-electron chi connectivity index (χ2n) is 10.1. The molecule has 0 amide bonds. The van der Waals surface area contributed by atoms with Gasteiger partial charge in [0.25, 0.3) is 0 Å². The molecule has 2 saturated heterocycles. The molecule has 2 fully saturated rings. The fourth-order valence-electron chi connectivity index (χ4n) is 5.73. The number of nitrogens with one attached hydrogen (secondary N) is 2. The highest BCUT2D eigenvalue weighted by atomic mass is 15.2. The molecule has 7 rings (SSSR count). The minimum absolute atomic E-state index is 0.711. The number of rotatable bonds is 5. The summed E-state index contributed by atoms with van der Waals surface area (Å²) in [5.74, 6) is 1.07. The zero-order chi connectivity index (χ0) is 23.9. The second-order valence-corrected chi connectivity index (χ2v) is 10.1. The van der Waals surface area contributed by atoms with Crippen LogP contribution in [-0.2, 0) is 6.54 Å². The van der Waals surface area contributed by atoms with Crippen LogP contribution in [0.2, 0.25) is 0 Å². The fourth-order valence-corrected chi connectivity index (χ4v) is 5.73. The Kier molecular flexibility index (Phi) is 5.39. The van der Waals surface area contributed by atoms with E-state index in [1.54, 1.807) is 0 Å². The molecule has 2 aliphatic rings. The minimum Gasteiger partial charge on any atom is -0.356 e. The standard InChI is InChI=1S/C28H30N8/c1-2-10-36(11-3-1)28-22-14-25(32-24(22)6-7-30-28)26-23-13-21(17-31-27(23)34-33-26)20-12-19(15-29-16-20)18-35-8-4-5-9-35/h6-7,12-17,32H,1-5,8-11,18H2,(H,31,33,34). The molecule has 0 radical (unpaired) electrons. The first kappa shape index (κ1) is 21.5. The molecule has 0 unspecified atom stereocenters. The van der Waals surface area contributed by atoms with Crippen LogP contribution in [0.5, 0.6) is 0 Å². The van der Waals surface area contributed by atoms with Crippen LogP contribution in [0.15, 0.2) is 49.1 Å². The van der Waals surface area contributed by atoms with Crippen LogP contribution in [0.3, 0.4) is 0 Å². The molecule has 5 aromatic heterocycles. The van der Waals surface area contributed by atoms with E-state index >= 15 is 0 Å². The molecule has 7 heterocycles. The summed E-state index contributed by atoms with van der Waals surface area (Å²) < 4.78 is 0. The number of H-pyrrole nitrogens is 2. The first-order chi connectivity index (χ1) is 17.8. The van der Waals surface area contributed by atoms with E-state index in [-0.39, 0.29) is 0 Å². The molecule has 8 heteroatoms. The lowest BCUT2D eigenvalue weighted by Crippen LogP contribution is -2.30. The highest BCUT2D eigenvalue weighted by molar-refractivity contribution is 5.99. The molecular weight excluding hydrogens is 448 g/mol. The molecule has 0 saturated carbocycles. The summed E-state index contributed by atoms with van der Waals surface area (Å²) in [5, 5.41) is 9.87. The Labute approximate surface area is 209 Å². The van der Waals surface area contributed by atoms with Crippen molar-refractivity contribution in [1.82, 2.24) is 35.0 Å². The maximum atomic E-state index is 4.74. The van der Waals surface area contributed by atoms with Crippen LogP contribution >= 0.6 is 0 Å². The summed E-state index contributed by atoms with van der Waals surface area (Å²) in [6, 6.07) is 8.66. The molecule has 0 spiro atoms. The first-order valence-electron chi connectivity index (χ1n) is 13.1. The largest absolute Gasteiger partial charge is 0.356 e. The van der Waals surface area contributed by atoms with E-state index in [0.717, 1.165) is 64.3 Å². The number of piperidine rings is 1. The molecule has 182 valence electrons. The van der Waals surface area contributed by atoms with Crippen molar-refractivity contribution in [2.24, 2.45) is 0 Å². The average molecular weight is 479 g/mol. The number of hydrogen-bond acceptors (Lipinski definition) is 6. The van der Waals surface area contributed by atoms with Gasteiger partial charge in [-0.25, -0.2) is 9.97 Å². The van der Waals surface area contributed by atoms with Gasteiger partial charge in [0.1, 0.15) is 5.82 Å². The Balaban J connectivity index is 1.25. The summed E-state index contributed by atoms with van der Waals surface area (Å²) in [6.07, 6.45) is 14.0. The Morgan fingerprint density at radius 3 is 2.53 bits per heavy atom. The topological polar surface area (TPSA) is 89.6 Å². The third-order valence-corrected chi connectivity index (χ3v) is 7.59. The van der Waals surface area contributed by atoms with Gasteiger partial charge >= 0.3 is 0 Å². The van der Waals surface area contributed by atoms with Gasteiger partial charge in [-0.15, -0.1) is 0 Å². The molecule has 0 aromatic carbocycles. The number of aromatic amines is 2. The van der Waals surface area contributed by atoms with Gasteiger partial charge in [-0.2, -0.15) is 5.10 Å². The number of hydrogen-bond donors (Lipinski definition) is 2. The molecule has 36 heavy (non-hydrogen) atoms. The van der Waals surface area contributed by atoms with Crippen LogP contribution in [0.25, 0.3) is 44.5 Å². The Morgan fingerprint density at radius 2 is 1.64 bits per heavy atom. The lowest BCUT2D eigenvalue weighted by molar-refractivity contribution is 0.331. The average Bonchev–Trinajstić information content (AvgIpc) is 3.68. The zero-order valence-corrected chi connectivity index (χ0v) is 20.4. The van der Waals surface area contributed by atoms with E-state index in [4.69, 9.17) is 4.98 Å². The Bertz CT molecular complexity index is 1520. The summed E-state index contributed by atoms with van der Waals surface area (Å²) >= 11 is 0. The molecular formula is C28H30N8. The molecule has 0 aliphatic carbocycles. The summed E-state index contributed by atoms with van der Waals surface area (Å²) in [4.78, 5) is 22.5. The van der Waals surface area contributed by atoms with E-state index in [1.807, 2.05) is 30.9 Å². The van der Waals surface area contributed by atoms with Gasteiger partial charge in [-0.1, -0.05) is 0 Å². The van der Waals surface area contributed by atoms with Crippen LogP contribution in [0.4, 0.5) is 5.82 Å². The second kappa shape index (κ2) is 9.02. The Hall–Kier alpha value is -3.78. The van der Waals surface area contributed by atoms with Crippen LogP contribution in [0, 0.1) is 0 Å². The van der Waals surface area contributed by atoms with Crippen molar-refractivity contribution in [2.45, 2.75) is 38.6 Å². The van der Waals surface area contributed by atoms with Gasteiger partial charge in [0.2, 0.25) is 0 Å². The molecule has 5 aromatic rings. The van der Waals surface area contributed by atoms with Crippen molar-refractivity contribution in [3.63, 3.8) is 0 Å². The number of pyridine rings is 3. The molecule has 2 N–H and O–H groups in total. The number of fused-ring (bicyclic) bond motifs is 2. The number of aromatic nitrogens is 6. The lowest BCUT2D eigenvalue weighted by Gasteiger charge is -2.28. The van der Waals surface area contributed by atoms with Gasteiger partial charge in [-0.05, 0) is 75.0 Å². The normalized spacial score (nSPS) is 16.9. The monoisotopic (exact) mass is 478 g/mol. The summed E-state index contributed by atoms with van der Waals surface area (Å²) in [6.45, 7) is 5.44. The third kappa shape index (κ3) is 3.91. The van der Waals surface area contributed by atoms with Crippen LogP contribution < -0.4 is 4.90 Å². The van der Waals surface area contributed by atoms with Gasteiger partial charge < -0.3 is 9.88 Å².